The van der Waals surface area contributed by atoms with Crippen LogP contribution >= 0.6 is 0 Å². The van der Waals surface area contributed by atoms with E-state index in [1.165, 1.54) is 28.0 Å². The number of fused-ring (bicyclic) bond motifs is 1. The molecule has 0 bridgehead atoms. The highest BCUT2D eigenvalue weighted by atomic mass is 32.2. The van der Waals surface area contributed by atoms with E-state index < -0.39 is 15.9 Å². The van der Waals surface area contributed by atoms with E-state index in [9.17, 15) is 13.2 Å². The maximum absolute atomic E-state index is 13.0. The average molecular weight is 419 g/mol. The standard InChI is InChI=1S/C21H30N4O3S/c1-21(2,3)19(14-25-10-9-15-7-5-6-8-16(15)12-25)23-29(27,28)17-11-18(20(22)26)24(4)13-17/h5-8,11,13,19,23H,9-10,12,14H2,1-4H3,(H2,22,26)/t19-/m0/s1. The number of carbonyl (C=O) groups is 1. The van der Waals surface area contributed by atoms with Crippen molar-refractivity contribution in [3.8, 4) is 0 Å². The lowest BCUT2D eigenvalue weighted by atomic mass is 9.86. The normalized spacial score (nSPS) is 16.4. The summed E-state index contributed by atoms with van der Waals surface area (Å²) in [6, 6.07) is 9.41. The molecule has 1 amide bonds. The number of nitrogens with two attached hydrogens (primary N) is 1. The third-order valence-electron chi connectivity index (χ3n) is 5.54. The number of amides is 1. The van der Waals surface area contributed by atoms with Gasteiger partial charge < -0.3 is 10.3 Å². The van der Waals surface area contributed by atoms with Gasteiger partial charge in [-0.2, -0.15) is 0 Å². The molecule has 1 aliphatic heterocycles. The van der Waals surface area contributed by atoms with Crippen molar-refractivity contribution in [2.45, 2.75) is 44.7 Å². The largest absolute Gasteiger partial charge is 0.364 e. The molecule has 0 saturated carbocycles. The zero-order chi connectivity index (χ0) is 21.4. The zero-order valence-electron chi connectivity index (χ0n) is 17.5. The molecule has 2 aromatic rings. The van der Waals surface area contributed by atoms with Gasteiger partial charge in [0.15, 0.2) is 0 Å². The summed E-state index contributed by atoms with van der Waals surface area (Å²) < 4.78 is 30.3. The van der Waals surface area contributed by atoms with E-state index in [0.29, 0.717) is 6.54 Å². The van der Waals surface area contributed by atoms with E-state index in [4.69, 9.17) is 5.73 Å². The second-order valence-corrected chi connectivity index (χ2v) is 10.5. The minimum absolute atomic E-state index is 0.0482. The number of aryl methyl sites for hydroxylation is 1. The Bertz CT molecular complexity index is 1010. The molecule has 29 heavy (non-hydrogen) atoms. The Hall–Kier alpha value is -2.16. The van der Waals surface area contributed by atoms with E-state index in [1.807, 2.05) is 26.8 Å². The van der Waals surface area contributed by atoms with Crippen LogP contribution in [0.5, 0.6) is 0 Å². The van der Waals surface area contributed by atoms with Crippen LogP contribution in [0.2, 0.25) is 0 Å². The lowest BCUT2D eigenvalue weighted by Gasteiger charge is -2.37. The van der Waals surface area contributed by atoms with Crippen molar-refractivity contribution in [1.82, 2.24) is 14.2 Å². The minimum Gasteiger partial charge on any atom is -0.364 e. The van der Waals surface area contributed by atoms with Gasteiger partial charge in [0.05, 0.1) is 0 Å². The van der Waals surface area contributed by atoms with Crippen LogP contribution in [0.4, 0.5) is 0 Å². The van der Waals surface area contributed by atoms with Gasteiger partial charge in [-0.05, 0) is 29.0 Å². The van der Waals surface area contributed by atoms with Crippen molar-refractivity contribution < 1.29 is 13.2 Å². The van der Waals surface area contributed by atoms with Gasteiger partial charge in [-0.3, -0.25) is 9.69 Å². The number of carbonyl (C=O) groups excluding carboxylic acids is 1. The first-order valence-corrected chi connectivity index (χ1v) is 11.2. The van der Waals surface area contributed by atoms with Crippen molar-refractivity contribution in [2.75, 3.05) is 13.1 Å². The molecule has 0 unspecified atom stereocenters. The number of hydrogen-bond donors (Lipinski definition) is 2. The summed E-state index contributed by atoms with van der Waals surface area (Å²) in [5.41, 5.74) is 7.85. The molecule has 0 fully saturated rings. The first-order chi connectivity index (χ1) is 13.5. The maximum Gasteiger partial charge on any atom is 0.265 e. The van der Waals surface area contributed by atoms with Crippen molar-refractivity contribution >= 4 is 15.9 Å². The number of sulfonamides is 1. The number of rotatable bonds is 6. The topological polar surface area (TPSA) is 97.4 Å². The molecule has 8 heteroatoms. The molecule has 0 spiro atoms. The average Bonchev–Trinajstić information content (AvgIpc) is 3.03. The van der Waals surface area contributed by atoms with Crippen LogP contribution in [0, 0.1) is 5.41 Å². The summed E-state index contributed by atoms with van der Waals surface area (Å²) in [5.74, 6) is -0.659. The molecule has 3 rings (SSSR count). The van der Waals surface area contributed by atoms with Gasteiger partial charge in [-0.25, -0.2) is 13.1 Å². The molecule has 1 atom stereocenters. The molecule has 1 aliphatic rings. The van der Waals surface area contributed by atoms with Crippen LogP contribution in [-0.2, 0) is 30.0 Å². The SMILES string of the molecule is Cn1cc(S(=O)(=O)N[C@@H](CN2CCc3ccccc3C2)C(C)(C)C)cc1C(N)=O. The van der Waals surface area contributed by atoms with Crippen LogP contribution in [0.3, 0.4) is 0 Å². The summed E-state index contributed by atoms with van der Waals surface area (Å²) in [7, 11) is -2.19. The van der Waals surface area contributed by atoms with Gasteiger partial charge in [-0.15, -0.1) is 0 Å². The second-order valence-electron chi connectivity index (χ2n) is 8.83. The highest BCUT2D eigenvalue weighted by Crippen LogP contribution is 2.26. The first kappa shape index (κ1) is 21.5. The second kappa shape index (κ2) is 7.93. The Labute approximate surface area is 172 Å². The molecule has 158 valence electrons. The van der Waals surface area contributed by atoms with E-state index in [-0.39, 0.29) is 22.0 Å². The van der Waals surface area contributed by atoms with Gasteiger partial charge in [0.25, 0.3) is 5.91 Å². The predicted molar refractivity (Wildman–Crippen MR) is 113 cm³/mol. The molecule has 1 aromatic heterocycles. The van der Waals surface area contributed by atoms with Crippen molar-refractivity contribution in [2.24, 2.45) is 18.2 Å². The van der Waals surface area contributed by atoms with Gasteiger partial charge in [0.2, 0.25) is 10.0 Å². The van der Waals surface area contributed by atoms with Crippen LogP contribution in [0.25, 0.3) is 0 Å². The van der Waals surface area contributed by atoms with Gasteiger partial charge >= 0.3 is 0 Å². The van der Waals surface area contributed by atoms with E-state index >= 15 is 0 Å². The van der Waals surface area contributed by atoms with E-state index in [2.05, 4.69) is 27.8 Å². The van der Waals surface area contributed by atoms with Crippen LogP contribution in [0.15, 0.2) is 41.4 Å². The van der Waals surface area contributed by atoms with Gasteiger partial charge in [0.1, 0.15) is 10.6 Å². The third kappa shape index (κ3) is 4.88. The molecule has 2 heterocycles. The first-order valence-electron chi connectivity index (χ1n) is 9.75. The third-order valence-corrected chi connectivity index (χ3v) is 6.97. The molecule has 1 aromatic carbocycles. The summed E-state index contributed by atoms with van der Waals surface area (Å²) in [6.45, 7) is 8.38. The Morgan fingerprint density at radius 2 is 1.90 bits per heavy atom. The zero-order valence-corrected chi connectivity index (χ0v) is 18.3. The number of hydrogen-bond acceptors (Lipinski definition) is 4. The molecular formula is C21H30N4O3S. The highest BCUT2D eigenvalue weighted by Gasteiger charge is 2.33. The summed E-state index contributed by atoms with van der Waals surface area (Å²) >= 11 is 0. The maximum atomic E-state index is 13.0. The Morgan fingerprint density at radius 1 is 1.24 bits per heavy atom. The summed E-state index contributed by atoms with van der Waals surface area (Å²) in [6.07, 6.45) is 2.37. The van der Waals surface area contributed by atoms with E-state index in [1.54, 1.807) is 7.05 Å². The fraction of sp³-hybridized carbons (Fsp3) is 0.476. The fourth-order valence-corrected chi connectivity index (χ4v) is 5.14. The molecule has 3 N–H and O–H groups in total. The number of benzene rings is 1. The number of primary amides is 1. The molecular weight excluding hydrogens is 388 g/mol. The number of nitrogens with one attached hydrogen (secondary N) is 1. The highest BCUT2D eigenvalue weighted by molar-refractivity contribution is 7.89. The summed E-state index contributed by atoms with van der Waals surface area (Å²) in [4.78, 5) is 13.8. The lowest BCUT2D eigenvalue weighted by molar-refractivity contribution is 0.0992. The fourth-order valence-electron chi connectivity index (χ4n) is 3.64. The predicted octanol–water partition coefficient (Wildman–Crippen LogP) is 1.88. The van der Waals surface area contributed by atoms with Crippen LogP contribution in [-0.4, -0.2) is 42.9 Å². The lowest BCUT2D eigenvalue weighted by Crippen LogP contribution is -2.51. The Balaban J connectivity index is 1.79. The van der Waals surface area contributed by atoms with Crippen LogP contribution in [0.1, 0.15) is 42.4 Å². The molecule has 0 saturated heterocycles. The number of aromatic nitrogens is 1. The number of nitrogens with zero attached hydrogens (tertiary/aromatic N) is 2. The van der Waals surface area contributed by atoms with Gasteiger partial charge in [0, 0.05) is 38.9 Å². The van der Waals surface area contributed by atoms with Gasteiger partial charge in [-0.1, -0.05) is 45.0 Å². The van der Waals surface area contributed by atoms with Crippen LogP contribution < -0.4 is 10.5 Å². The summed E-state index contributed by atoms with van der Waals surface area (Å²) in [5, 5.41) is 0. The molecule has 0 radical (unpaired) electrons. The minimum atomic E-state index is -3.79. The van der Waals surface area contributed by atoms with Crippen molar-refractivity contribution in [3.05, 3.63) is 53.3 Å². The van der Waals surface area contributed by atoms with Crippen molar-refractivity contribution in [3.63, 3.8) is 0 Å². The Kier molecular flexibility index (Phi) is 5.89. The quantitative estimate of drug-likeness (QED) is 0.748. The monoisotopic (exact) mass is 418 g/mol. The Morgan fingerprint density at radius 3 is 2.48 bits per heavy atom. The molecule has 7 nitrogen and oxygen atoms in total. The van der Waals surface area contributed by atoms with E-state index in [0.717, 1.165) is 19.5 Å². The van der Waals surface area contributed by atoms with Crippen molar-refractivity contribution in [1.29, 1.82) is 0 Å². The smallest absolute Gasteiger partial charge is 0.265 e. The molecule has 0 aliphatic carbocycles.